The fourth-order valence-corrected chi connectivity index (χ4v) is 2.65. The second-order valence-electron chi connectivity index (χ2n) is 5.80. The van der Waals surface area contributed by atoms with Gasteiger partial charge in [0.15, 0.2) is 6.61 Å². The number of nitrogens with zero attached hydrogens (tertiary/aromatic N) is 1. The molecule has 0 unspecified atom stereocenters. The van der Waals surface area contributed by atoms with Crippen molar-refractivity contribution in [3.05, 3.63) is 29.8 Å². The molecule has 0 radical (unpaired) electrons. The summed E-state index contributed by atoms with van der Waals surface area (Å²) >= 11 is 0. The van der Waals surface area contributed by atoms with E-state index in [-0.39, 0.29) is 18.4 Å². The quantitative estimate of drug-likeness (QED) is 0.585. The third kappa shape index (κ3) is 4.81. The van der Waals surface area contributed by atoms with E-state index in [2.05, 4.69) is 12.2 Å². The second kappa shape index (κ2) is 9.05. The lowest BCUT2D eigenvalue weighted by Crippen LogP contribution is -2.30. The lowest BCUT2D eigenvalue weighted by atomic mass is 10.1. The van der Waals surface area contributed by atoms with E-state index in [4.69, 9.17) is 4.74 Å². The molecule has 1 fully saturated rings. The van der Waals surface area contributed by atoms with Crippen LogP contribution in [0, 0.1) is 0 Å². The fourth-order valence-electron chi connectivity index (χ4n) is 2.65. The second-order valence-corrected chi connectivity index (χ2v) is 5.80. The van der Waals surface area contributed by atoms with Crippen LogP contribution < -0.4 is 10.2 Å². The molecule has 1 aliphatic heterocycles. The van der Waals surface area contributed by atoms with Crippen LogP contribution in [0.25, 0.3) is 0 Å². The third-order valence-electron chi connectivity index (χ3n) is 3.93. The standard InChI is InChI=1S/C18H24N2O4/c1-2-3-6-11-19-16(21)13-24-18(23)14-8-4-5-9-15(14)20-12-7-10-17(20)22/h4-5,8-9H,2-3,6-7,10-13H2,1H3,(H,19,21). The molecule has 1 N–H and O–H groups in total. The van der Waals surface area contributed by atoms with Crippen LogP contribution in [0.5, 0.6) is 0 Å². The molecule has 0 saturated carbocycles. The van der Waals surface area contributed by atoms with E-state index in [0.717, 1.165) is 25.7 Å². The normalized spacial score (nSPS) is 13.9. The first kappa shape index (κ1) is 18.0. The van der Waals surface area contributed by atoms with Crippen molar-refractivity contribution in [1.29, 1.82) is 0 Å². The number of esters is 1. The molecule has 0 aromatic heterocycles. The average molecular weight is 332 g/mol. The van der Waals surface area contributed by atoms with Crippen LogP contribution in [0.3, 0.4) is 0 Å². The first-order valence-electron chi connectivity index (χ1n) is 8.46. The monoisotopic (exact) mass is 332 g/mol. The van der Waals surface area contributed by atoms with Gasteiger partial charge in [0, 0.05) is 19.5 Å². The Balaban J connectivity index is 1.91. The number of nitrogens with one attached hydrogen (secondary N) is 1. The summed E-state index contributed by atoms with van der Waals surface area (Å²) in [6.45, 7) is 2.96. The van der Waals surface area contributed by atoms with Gasteiger partial charge in [-0.3, -0.25) is 9.59 Å². The zero-order valence-electron chi connectivity index (χ0n) is 14.0. The lowest BCUT2D eigenvalue weighted by molar-refractivity contribution is -0.124. The molecule has 1 aromatic rings. The van der Waals surface area contributed by atoms with Crippen molar-refractivity contribution in [3.8, 4) is 0 Å². The summed E-state index contributed by atoms with van der Waals surface area (Å²) in [6, 6.07) is 6.83. The number of ether oxygens (including phenoxy) is 1. The van der Waals surface area contributed by atoms with Crippen LogP contribution in [0.4, 0.5) is 5.69 Å². The molecule has 0 bridgehead atoms. The summed E-state index contributed by atoms with van der Waals surface area (Å²) in [5.74, 6) is -0.896. The van der Waals surface area contributed by atoms with Gasteiger partial charge in [0.05, 0.1) is 11.3 Å². The summed E-state index contributed by atoms with van der Waals surface area (Å²) in [4.78, 5) is 37.4. The number of anilines is 1. The van der Waals surface area contributed by atoms with Crippen LogP contribution in [0.15, 0.2) is 24.3 Å². The fraction of sp³-hybridized carbons (Fsp3) is 0.500. The SMILES string of the molecule is CCCCCNC(=O)COC(=O)c1ccccc1N1CCCC1=O. The van der Waals surface area contributed by atoms with Crippen molar-refractivity contribution >= 4 is 23.5 Å². The third-order valence-corrected chi connectivity index (χ3v) is 3.93. The number of carbonyl (C=O) groups excluding carboxylic acids is 3. The van der Waals surface area contributed by atoms with Crippen molar-refractivity contribution in [3.63, 3.8) is 0 Å². The summed E-state index contributed by atoms with van der Waals surface area (Å²) in [5, 5.41) is 2.72. The number of para-hydroxylation sites is 1. The average Bonchev–Trinajstić information content (AvgIpc) is 3.02. The Morgan fingerprint density at radius 1 is 1.25 bits per heavy atom. The number of unbranched alkanes of at least 4 members (excludes halogenated alkanes) is 2. The molecule has 0 spiro atoms. The van der Waals surface area contributed by atoms with Gasteiger partial charge < -0.3 is 15.0 Å². The topological polar surface area (TPSA) is 75.7 Å². The van der Waals surface area contributed by atoms with Crippen LogP contribution in [0.1, 0.15) is 49.4 Å². The van der Waals surface area contributed by atoms with Gasteiger partial charge in [-0.15, -0.1) is 0 Å². The van der Waals surface area contributed by atoms with Gasteiger partial charge in [-0.1, -0.05) is 31.9 Å². The highest BCUT2D eigenvalue weighted by Crippen LogP contribution is 2.25. The van der Waals surface area contributed by atoms with Crippen LogP contribution in [0.2, 0.25) is 0 Å². The smallest absolute Gasteiger partial charge is 0.340 e. The molecule has 1 saturated heterocycles. The molecule has 1 aromatic carbocycles. The summed E-state index contributed by atoms with van der Waals surface area (Å²) in [6.07, 6.45) is 4.32. The Bertz CT molecular complexity index is 600. The molecule has 1 heterocycles. The van der Waals surface area contributed by atoms with Gasteiger partial charge in [0.2, 0.25) is 5.91 Å². The van der Waals surface area contributed by atoms with Crippen LogP contribution in [-0.2, 0) is 14.3 Å². The van der Waals surface area contributed by atoms with Crippen molar-refractivity contribution < 1.29 is 19.1 Å². The van der Waals surface area contributed by atoms with E-state index in [9.17, 15) is 14.4 Å². The van der Waals surface area contributed by atoms with Gasteiger partial charge >= 0.3 is 5.97 Å². The van der Waals surface area contributed by atoms with E-state index >= 15 is 0 Å². The van der Waals surface area contributed by atoms with Gasteiger partial charge in [0.25, 0.3) is 5.91 Å². The summed E-state index contributed by atoms with van der Waals surface area (Å²) < 4.78 is 5.09. The number of carbonyl (C=O) groups is 3. The molecule has 6 nitrogen and oxygen atoms in total. The van der Waals surface area contributed by atoms with Crippen LogP contribution >= 0.6 is 0 Å². The minimum Gasteiger partial charge on any atom is -0.452 e. The van der Waals surface area contributed by atoms with E-state index in [1.54, 1.807) is 29.2 Å². The zero-order valence-corrected chi connectivity index (χ0v) is 14.0. The predicted molar refractivity (Wildman–Crippen MR) is 90.8 cm³/mol. The number of hydrogen-bond acceptors (Lipinski definition) is 4. The highest BCUT2D eigenvalue weighted by Gasteiger charge is 2.26. The molecule has 2 amide bonds. The van der Waals surface area contributed by atoms with E-state index in [1.165, 1.54) is 0 Å². The van der Waals surface area contributed by atoms with Crippen molar-refractivity contribution in [2.75, 3.05) is 24.6 Å². The highest BCUT2D eigenvalue weighted by molar-refractivity contribution is 6.03. The molecule has 0 atom stereocenters. The number of benzene rings is 1. The van der Waals surface area contributed by atoms with E-state index < -0.39 is 5.97 Å². The molecular weight excluding hydrogens is 308 g/mol. The first-order valence-corrected chi connectivity index (χ1v) is 8.46. The Hall–Kier alpha value is -2.37. The maximum Gasteiger partial charge on any atom is 0.340 e. The zero-order chi connectivity index (χ0) is 17.4. The van der Waals surface area contributed by atoms with Crippen molar-refractivity contribution in [1.82, 2.24) is 5.32 Å². The Morgan fingerprint density at radius 3 is 2.75 bits per heavy atom. The minimum absolute atomic E-state index is 0.00363. The molecule has 1 aliphatic rings. The van der Waals surface area contributed by atoms with E-state index in [0.29, 0.717) is 30.8 Å². The first-order chi connectivity index (χ1) is 11.6. The molecule has 2 rings (SSSR count). The molecule has 130 valence electrons. The minimum atomic E-state index is -0.589. The molecular formula is C18H24N2O4. The molecule has 6 heteroatoms. The lowest BCUT2D eigenvalue weighted by Gasteiger charge is -2.18. The maximum atomic E-state index is 12.3. The van der Waals surface area contributed by atoms with Crippen molar-refractivity contribution in [2.45, 2.75) is 39.0 Å². The number of amides is 2. The van der Waals surface area contributed by atoms with Gasteiger partial charge in [-0.05, 0) is 25.0 Å². The van der Waals surface area contributed by atoms with Gasteiger partial charge in [-0.2, -0.15) is 0 Å². The highest BCUT2D eigenvalue weighted by atomic mass is 16.5. The Kier molecular flexibility index (Phi) is 6.78. The Labute approximate surface area is 142 Å². The Morgan fingerprint density at radius 2 is 2.04 bits per heavy atom. The van der Waals surface area contributed by atoms with E-state index in [1.807, 2.05) is 0 Å². The maximum absolute atomic E-state index is 12.3. The summed E-state index contributed by atoms with van der Waals surface area (Å²) in [5.41, 5.74) is 0.861. The van der Waals surface area contributed by atoms with Crippen molar-refractivity contribution in [2.24, 2.45) is 0 Å². The predicted octanol–water partition coefficient (Wildman–Crippen LogP) is 2.28. The summed E-state index contributed by atoms with van der Waals surface area (Å²) in [7, 11) is 0. The number of hydrogen-bond donors (Lipinski definition) is 1. The van der Waals surface area contributed by atoms with Gasteiger partial charge in [-0.25, -0.2) is 4.79 Å². The van der Waals surface area contributed by atoms with Gasteiger partial charge in [0.1, 0.15) is 0 Å². The largest absolute Gasteiger partial charge is 0.452 e. The molecule has 24 heavy (non-hydrogen) atoms. The molecule has 0 aliphatic carbocycles. The van der Waals surface area contributed by atoms with Crippen LogP contribution in [-0.4, -0.2) is 37.5 Å². The number of rotatable bonds is 8.